The maximum Gasteiger partial charge on any atom is 0.294 e. The number of benzene rings is 1. The molecule has 1 amide bonds. The van der Waals surface area contributed by atoms with Crippen molar-refractivity contribution in [3.05, 3.63) is 33.3 Å². The topological polar surface area (TPSA) is 66.7 Å². The van der Waals surface area contributed by atoms with Crippen molar-refractivity contribution in [3.8, 4) is 0 Å². The molecule has 1 saturated heterocycles. The van der Waals surface area contributed by atoms with E-state index in [1.54, 1.807) is 12.1 Å². The van der Waals surface area contributed by atoms with Crippen molar-refractivity contribution in [2.24, 2.45) is 0 Å². The molecule has 0 saturated carbocycles. The Bertz CT molecular complexity index is 557. The molecule has 1 aromatic rings. The van der Waals surface area contributed by atoms with Gasteiger partial charge in [-0.15, -0.1) is 0 Å². The van der Waals surface area contributed by atoms with E-state index in [4.69, 9.17) is 11.6 Å². The van der Waals surface area contributed by atoms with E-state index in [-0.39, 0.29) is 11.6 Å². The molecule has 0 aliphatic carbocycles. The second-order valence-corrected chi connectivity index (χ2v) is 5.74. The fourth-order valence-electron chi connectivity index (χ4n) is 2.63. The maximum atomic E-state index is 12.0. The third-order valence-corrected chi connectivity index (χ3v) is 4.16. The second-order valence-electron chi connectivity index (χ2n) is 5.34. The van der Waals surface area contributed by atoms with Gasteiger partial charge in [0.1, 0.15) is 5.69 Å². The van der Waals surface area contributed by atoms with Crippen molar-refractivity contribution in [3.63, 3.8) is 0 Å². The first kappa shape index (κ1) is 16.5. The number of piperazine rings is 1. The molecule has 22 heavy (non-hydrogen) atoms. The molecule has 0 bridgehead atoms. The first-order valence-corrected chi connectivity index (χ1v) is 7.88. The number of carbonyl (C=O) groups is 1. The molecule has 1 aliphatic heterocycles. The number of amides is 1. The number of hydrogen-bond acceptors (Lipinski definition) is 4. The summed E-state index contributed by atoms with van der Waals surface area (Å²) in [5, 5.41) is 11.5. The summed E-state index contributed by atoms with van der Waals surface area (Å²) in [5.74, 6) is 0.162. The number of rotatable bonds is 5. The van der Waals surface area contributed by atoms with Crippen LogP contribution in [0.4, 0.5) is 11.4 Å². The van der Waals surface area contributed by atoms with Crippen molar-refractivity contribution in [2.75, 3.05) is 31.1 Å². The summed E-state index contributed by atoms with van der Waals surface area (Å²) in [6.45, 7) is 4.32. The van der Waals surface area contributed by atoms with Gasteiger partial charge in [0.25, 0.3) is 5.69 Å². The number of anilines is 1. The monoisotopic (exact) mass is 325 g/mol. The van der Waals surface area contributed by atoms with Crippen LogP contribution < -0.4 is 4.90 Å². The third kappa shape index (κ3) is 3.68. The second kappa shape index (κ2) is 7.45. The molecule has 6 nitrogen and oxygen atoms in total. The van der Waals surface area contributed by atoms with E-state index >= 15 is 0 Å². The lowest BCUT2D eigenvalue weighted by molar-refractivity contribution is -0.384. The van der Waals surface area contributed by atoms with E-state index in [0.29, 0.717) is 43.3 Å². The Labute approximate surface area is 134 Å². The normalized spacial score (nSPS) is 15.0. The van der Waals surface area contributed by atoms with Crippen LogP contribution in [0, 0.1) is 10.1 Å². The molecule has 1 aliphatic rings. The van der Waals surface area contributed by atoms with Gasteiger partial charge in [-0.25, -0.2) is 0 Å². The molecular weight excluding hydrogens is 306 g/mol. The zero-order valence-corrected chi connectivity index (χ0v) is 13.4. The SMILES string of the molecule is CCCCC(=O)N1CCN(c2c(Cl)cccc2[N+](=O)[O-])CC1. The highest BCUT2D eigenvalue weighted by Gasteiger charge is 2.27. The molecule has 0 spiro atoms. The van der Waals surface area contributed by atoms with Gasteiger partial charge in [-0.2, -0.15) is 0 Å². The fourth-order valence-corrected chi connectivity index (χ4v) is 2.92. The van der Waals surface area contributed by atoms with Crippen LogP contribution in [-0.4, -0.2) is 41.9 Å². The molecule has 1 fully saturated rings. The van der Waals surface area contributed by atoms with E-state index in [1.165, 1.54) is 6.07 Å². The first-order valence-electron chi connectivity index (χ1n) is 7.50. The first-order chi connectivity index (χ1) is 10.5. The Morgan fingerprint density at radius 3 is 2.59 bits per heavy atom. The van der Waals surface area contributed by atoms with Gasteiger partial charge >= 0.3 is 0 Å². The zero-order chi connectivity index (χ0) is 16.1. The van der Waals surface area contributed by atoms with Gasteiger partial charge in [0.05, 0.1) is 9.95 Å². The molecule has 120 valence electrons. The molecule has 0 aromatic heterocycles. The molecule has 0 atom stereocenters. The lowest BCUT2D eigenvalue weighted by atomic mass is 10.2. The zero-order valence-electron chi connectivity index (χ0n) is 12.6. The summed E-state index contributed by atoms with van der Waals surface area (Å²) in [4.78, 5) is 26.5. The highest BCUT2D eigenvalue weighted by molar-refractivity contribution is 6.33. The van der Waals surface area contributed by atoms with E-state index in [0.717, 1.165) is 12.8 Å². The van der Waals surface area contributed by atoms with Gasteiger partial charge in [-0.1, -0.05) is 31.0 Å². The number of halogens is 1. The number of nitro groups is 1. The van der Waals surface area contributed by atoms with Gasteiger partial charge in [0.15, 0.2) is 0 Å². The molecule has 2 rings (SSSR count). The van der Waals surface area contributed by atoms with Crippen LogP contribution >= 0.6 is 11.6 Å². The predicted octanol–water partition coefficient (Wildman–Crippen LogP) is 3.09. The maximum absolute atomic E-state index is 12.0. The van der Waals surface area contributed by atoms with E-state index < -0.39 is 4.92 Å². The van der Waals surface area contributed by atoms with Crippen molar-refractivity contribution in [1.29, 1.82) is 0 Å². The van der Waals surface area contributed by atoms with Crippen LogP contribution in [0.15, 0.2) is 18.2 Å². The summed E-state index contributed by atoms with van der Waals surface area (Å²) in [7, 11) is 0. The summed E-state index contributed by atoms with van der Waals surface area (Å²) in [6.07, 6.45) is 2.47. The Hall–Kier alpha value is -1.82. The van der Waals surface area contributed by atoms with Crippen LogP contribution in [-0.2, 0) is 4.79 Å². The molecule has 1 heterocycles. The number of nitro benzene ring substituents is 1. The predicted molar refractivity (Wildman–Crippen MR) is 86.4 cm³/mol. The average Bonchev–Trinajstić information content (AvgIpc) is 2.52. The molecule has 0 N–H and O–H groups in total. The quantitative estimate of drug-likeness (QED) is 0.616. The Kier molecular flexibility index (Phi) is 5.60. The fraction of sp³-hybridized carbons (Fsp3) is 0.533. The van der Waals surface area contributed by atoms with Crippen LogP contribution in [0.3, 0.4) is 0 Å². The standard InChI is InChI=1S/C15H20ClN3O3/c1-2-3-7-14(20)17-8-10-18(11-9-17)15-12(16)5-4-6-13(15)19(21)22/h4-6H,2-3,7-11H2,1H3. The average molecular weight is 326 g/mol. The highest BCUT2D eigenvalue weighted by atomic mass is 35.5. The van der Waals surface area contributed by atoms with Crippen molar-refractivity contribution < 1.29 is 9.72 Å². The molecule has 1 aromatic carbocycles. The van der Waals surface area contributed by atoms with Crippen molar-refractivity contribution >= 4 is 28.9 Å². The van der Waals surface area contributed by atoms with Gasteiger partial charge in [-0.3, -0.25) is 14.9 Å². The Morgan fingerprint density at radius 1 is 1.32 bits per heavy atom. The minimum absolute atomic E-state index is 0.0123. The lowest BCUT2D eigenvalue weighted by Gasteiger charge is -2.36. The molecule has 0 unspecified atom stereocenters. The number of nitrogens with zero attached hydrogens (tertiary/aromatic N) is 3. The molecule has 7 heteroatoms. The van der Waals surface area contributed by atoms with Crippen LogP contribution in [0.25, 0.3) is 0 Å². The van der Waals surface area contributed by atoms with Crippen molar-refractivity contribution in [1.82, 2.24) is 4.90 Å². The van der Waals surface area contributed by atoms with E-state index in [9.17, 15) is 14.9 Å². The number of hydrogen-bond donors (Lipinski definition) is 0. The lowest BCUT2D eigenvalue weighted by Crippen LogP contribution is -2.49. The van der Waals surface area contributed by atoms with Gasteiger partial charge in [-0.05, 0) is 12.5 Å². The molecule has 0 radical (unpaired) electrons. The minimum atomic E-state index is -0.417. The molecular formula is C15H20ClN3O3. The summed E-state index contributed by atoms with van der Waals surface area (Å²) < 4.78 is 0. The van der Waals surface area contributed by atoms with Crippen LogP contribution in [0.1, 0.15) is 26.2 Å². The minimum Gasteiger partial charge on any atom is -0.361 e. The smallest absolute Gasteiger partial charge is 0.294 e. The van der Waals surface area contributed by atoms with Gasteiger partial charge in [0.2, 0.25) is 5.91 Å². The number of carbonyl (C=O) groups excluding carboxylic acids is 1. The highest BCUT2D eigenvalue weighted by Crippen LogP contribution is 2.35. The Balaban J connectivity index is 2.06. The number of para-hydroxylation sites is 1. The largest absolute Gasteiger partial charge is 0.361 e. The van der Waals surface area contributed by atoms with Crippen LogP contribution in [0.5, 0.6) is 0 Å². The van der Waals surface area contributed by atoms with Gasteiger partial charge < -0.3 is 9.80 Å². The Morgan fingerprint density at radius 2 is 2.00 bits per heavy atom. The van der Waals surface area contributed by atoms with Gasteiger partial charge in [0, 0.05) is 38.7 Å². The third-order valence-electron chi connectivity index (χ3n) is 3.85. The van der Waals surface area contributed by atoms with Crippen LogP contribution in [0.2, 0.25) is 5.02 Å². The van der Waals surface area contributed by atoms with E-state index in [2.05, 4.69) is 6.92 Å². The summed E-state index contributed by atoms with van der Waals surface area (Å²) >= 11 is 6.15. The summed E-state index contributed by atoms with van der Waals surface area (Å²) in [5.41, 5.74) is 0.466. The number of unbranched alkanes of at least 4 members (excludes halogenated alkanes) is 1. The summed E-state index contributed by atoms with van der Waals surface area (Å²) in [6, 6.07) is 4.69. The van der Waals surface area contributed by atoms with E-state index in [1.807, 2.05) is 9.80 Å². The van der Waals surface area contributed by atoms with Crippen molar-refractivity contribution in [2.45, 2.75) is 26.2 Å².